The van der Waals surface area contributed by atoms with Crippen molar-refractivity contribution < 1.29 is 8.42 Å². The molecule has 2 aromatic heterocycles. The monoisotopic (exact) mass is 338 g/mol. The van der Waals surface area contributed by atoms with Crippen molar-refractivity contribution in [3.05, 3.63) is 46.0 Å². The van der Waals surface area contributed by atoms with Gasteiger partial charge in [0.2, 0.25) is 0 Å². The molecule has 0 saturated heterocycles. The molecule has 0 fully saturated rings. The summed E-state index contributed by atoms with van der Waals surface area (Å²) in [6.45, 7) is 0.668. The van der Waals surface area contributed by atoms with Crippen LogP contribution in [0.15, 0.2) is 46.0 Å². The third-order valence-electron chi connectivity index (χ3n) is 3.00. The van der Waals surface area contributed by atoms with Crippen LogP contribution in [0.5, 0.6) is 0 Å². The Labute approximate surface area is 131 Å². The Morgan fingerprint density at radius 2 is 2.00 bits per heavy atom. The van der Waals surface area contributed by atoms with E-state index in [1.807, 2.05) is 30.6 Å². The first-order valence-electron chi connectivity index (χ1n) is 6.30. The lowest BCUT2D eigenvalue weighted by atomic mass is 10.2. The van der Waals surface area contributed by atoms with E-state index < -0.39 is 10.0 Å². The summed E-state index contributed by atoms with van der Waals surface area (Å²) in [4.78, 5) is 1.30. The van der Waals surface area contributed by atoms with Crippen molar-refractivity contribution in [2.24, 2.45) is 0 Å². The van der Waals surface area contributed by atoms with Crippen LogP contribution in [-0.4, -0.2) is 15.5 Å². The molecule has 0 bridgehead atoms. The zero-order chi connectivity index (χ0) is 14.9. The lowest BCUT2D eigenvalue weighted by molar-refractivity contribution is 0.601. The van der Waals surface area contributed by atoms with Crippen LogP contribution in [0.2, 0.25) is 0 Å². The zero-order valence-electron chi connectivity index (χ0n) is 11.3. The van der Waals surface area contributed by atoms with Gasteiger partial charge in [0.05, 0.1) is 4.90 Å². The van der Waals surface area contributed by atoms with Gasteiger partial charge in [0.15, 0.2) is 0 Å². The topological polar surface area (TPSA) is 58.2 Å². The van der Waals surface area contributed by atoms with Crippen molar-refractivity contribution in [1.29, 1.82) is 0 Å². The lowest BCUT2D eigenvalue weighted by Crippen LogP contribution is -2.12. The van der Waals surface area contributed by atoms with E-state index in [1.54, 1.807) is 28.8 Å². The van der Waals surface area contributed by atoms with Crippen LogP contribution < -0.4 is 10.0 Å². The summed E-state index contributed by atoms with van der Waals surface area (Å²) in [5, 5.41) is 7.71. The molecule has 0 aliphatic heterocycles. The van der Waals surface area contributed by atoms with Crippen LogP contribution in [0, 0.1) is 0 Å². The van der Waals surface area contributed by atoms with Gasteiger partial charge in [-0.05, 0) is 48.1 Å². The van der Waals surface area contributed by atoms with Gasteiger partial charge >= 0.3 is 0 Å². The normalized spacial score (nSPS) is 11.9. The Hall–Kier alpha value is -1.41. The summed E-state index contributed by atoms with van der Waals surface area (Å²) >= 11 is 3.07. The molecule has 3 aromatic rings. The highest BCUT2D eigenvalue weighted by Gasteiger charge is 2.16. The molecular weight excluding hydrogens is 324 g/mol. The minimum atomic E-state index is -3.53. The summed E-state index contributed by atoms with van der Waals surface area (Å²) < 4.78 is 28.5. The first kappa shape index (κ1) is 14.5. The van der Waals surface area contributed by atoms with Crippen LogP contribution in [-0.2, 0) is 16.6 Å². The molecule has 0 saturated carbocycles. The minimum absolute atomic E-state index is 0.308. The number of benzene rings is 1. The second-order valence-corrected chi connectivity index (χ2v) is 8.18. The van der Waals surface area contributed by atoms with Crippen molar-refractivity contribution in [1.82, 2.24) is 5.32 Å². The van der Waals surface area contributed by atoms with Gasteiger partial charge in [0, 0.05) is 27.2 Å². The Bertz CT molecular complexity index is 865. The molecule has 0 spiro atoms. The Kier molecular flexibility index (Phi) is 3.99. The Morgan fingerprint density at radius 3 is 2.81 bits per heavy atom. The molecule has 0 amide bonds. The van der Waals surface area contributed by atoms with Gasteiger partial charge in [-0.3, -0.25) is 4.72 Å². The summed E-state index contributed by atoms with van der Waals surface area (Å²) in [5.41, 5.74) is 0.585. The minimum Gasteiger partial charge on any atom is -0.315 e. The molecule has 2 N–H and O–H groups in total. The molecule has 1 aromatic carbocycles. The first-order chi connectivity index (χ1) is 10.1. The molecule has 0 unspecified atom stereocenters. The molecule has 2 heterocycles. The van der Waals surface area contributed by atoms with Crippen molar-refractivity contribution in [2.75, 3.05) is 11.8 Å². The Morgan fingerprint density at radius 1 is 1.14 bits per heavy atom. The maximum Gasteiger partial charge on any atom is 0.262 e. The molecular formula is C14H14N2O2S3. The molecule has 21 heavy (non-hydrogen) atoms. The van der Waals surface area contributed by atoms with E-state index in [0.717, 1.165) is 15.0 Å². The summed E-state index contributed by atoms with van der Waals surface area (Å²) in [6, 6.07) is 9.25. The quantitative estimate of drug-likeness (QED) is 0.749. The second kappa shape index (κ2) is 5.76. The predicted molar refractivity (Wildman–Crippen MR) is 89.7 cm³/mol. The van der Waals surface area contributed by atoms with Gasteiger partial charge in [-0.15, -0.1) is 22.7 Å². The van der Waals surface area contributed by atoms with Gasteiger partial charge in [-0.1, -0.05) is 0 Å². The highest BCUT2D eigenvalue weighted by Crippen LogP contribution is 2.26. The summed E-state index contributed by atoms with van der Waals surface area (Å²) in [6.07, 6.45) is 0. The third-order valence-corrected chi connectivity index (χ3v) is 6.34. The molecule has 0 aliphatic carbocycles. The fourth-order valence-corrected chi connectivity index (χ4v) is 5.12. The molecule has 7 heteroatoms. The standard InChI is InChI=1S/C14H14N2O2S3/c1-15-8-12-7-13(9-20-12)21(17,18)16-11-2-3-14-10(6-11)4-5-19-14/h2-7,9,15-16H,8H2,1H3. The number of hydrogen-bond donors (Lipinski definition) is 2. The first-order valence-corrected chi connectivity index (χ1v) is 9.55. The van der Waals surface area contributed by atoms with Crippen LogP contribution >= 0.6 is 22.7 Å². The average Bonchev–Trinajstić information content (AvgIpc) is 3.07. The number of anilines is 1. The zero-order valence-corrected chi connectivity index (χ0v) is 13.7. The number of sulfonamides is 1. The summed E-state index contributed by atoms with van der Waals surface area (Å²) in [5.74, 6) is 0. The molecule has 3 rings (SSSR count). The maximum atomic E-state index is 12.4. The molecule has 110 valence electrons. The Balaban J connectivity index is 1.87. The van der Waals surface area contributed by atoms with Crippen LogP contribution in [0.3, 0.4) is 0 Å². The number of nitrogens with one attached hydrogen (secondary N) is 2. The van der Waals surface area contributed by atoms with Crippen LogP contribution in [0.25, 0.3) is 10.1 Å². The van der Waals surface area contributed by atoms with E-state index in [-0.39, 0.29) is 0 Å². The van der Waals surface area contributed by atoms with Crippen LogP contribution in [0.1, 0.15) is 4.88 Å². The van der Waals surface area contributed by atoms with Crippen molar-refractivity contribution in [2.45, 2.75) is 11.4 Å². The highest BCUT2D eigenvalue weighted by molar-refractivity contribution is 7.92. The van der Waals surface area contributed by atoms with Gasteiger partial charge in [0.25, 0.3) is 10.0 Å². The SMILES string of the molecule is CNCc1cc(S(=O)(=O)Nc2ccc3sccc3c2)cs1. The number of rotatable bonds is 5. The average molecular weight is 338 g/mol. The number of hydrogen-bond acceptors (Lipinski definition) is 5. The fraction of sp³-hybridized carbons (Fsp3) is 0.143. The number of thiophene rings is 2. The van der Waals surface area contributed by atoms with E-state index in [4.69, 9.17) is 0 Å². The largest absolute Gasteiger partial charge is 0.315 e. The lowest BCUT2D eigenvalue weighted by Gasteiger charge is -2.06. The van der Waals surface area contributed by atoms with E-state index in [0.29, 0.717) is 17.1 Å². The van der Waals surface area contributed by atoms with E-state index in [9.17, 15) is 8.42 Å². The van der Waals surface area contributed by atoms with Crippen molar-refractivity contribution in [3.63, 3.8) is 0 Å². The third kappa shape index (κ3) is 3.11. The van der Waals surface area contributed by atoms with Crippen molar-refractivity contribution in [3.8, 4) is 0 Å². The van der Waals surface area contributed by atoms with Gasteiger partial charge < -0.3 is 5.32 Å². The fourth-order valence-electron chi connectivity index (χ4n) is 2.01. The van der Waals surface area contributed by atoms with Crippen molar-refractivity contribution >= 4 is 48.5 Å². The van der Waals surface area contributed by atoms with Gasteiger partial charge in [0.1, 0.15) is 0 Å². The predicted octanol–water partition coefficient (Wildman–Crippen LogP) is 3.48. The van der Waals surface area contributed by atoms with E-state index in [1.165, 1.54) is 11.3 Å². The van der Waals surface area contributed by atoms with Gasteiger partial charge in [-0.25, -0.2) is 8.42 Å². The molecule has 0 radical (unpaired) electrons. The van der Waals surface area contributed by atoms with Crippen LogP contribution in [0.4, 0.5) is 5.69 Å². The smallest absolute Gasteiger partial charge is 0.262 e. The second-order valence-electron chi connectivity index (χ2n) is 4.56. The molecule has 0 atom stereocenters. The highest BCUT2D eigenvalue weighted by atomic mass is 32.2. The summed E-state index contributed by atoms with van der Waals surface area (Å²) in [7, 11) is -1.69. The molecule has 0 aliphatic rings. The van der Waals surface area contributed by atoms with E-state index >= 15 is 0 Å². The van der Waals surface area contributed by atoms with Gasteiger partial charge in [-0.2, -0.15) is 0 Å². The number of fused-ring (bicyclic) bond motifs is 1. The van der Waals surface area contributed by atoms with E-state index in [2.05, 4.69) is 10.0 Å². The molecule has 4 nitrogen and oxygen atoms in total. The maximum absolute atomic E-state index is 12.4.